The van der Waals surface area contributed by atoms with E-state index in [1.807, 2.05) is 88.4 Å². The zero-order valence-corrected chi connectivity index (χ0v) is 18.3. The van der Waals surface area contributed by atoms with E-state index in [1.165, 1.54) is 0 Å². The lowest BCUT2D eigenvalue weighted by molar-refractivity contribution is 0.268. The summed E-state index contributed by atoms with van der Waals surface area (Å²) in [6, 6.07) is 22.4. The Bertz CT molecular complexity index is 803. The first-order chi connectivity index (χ1) is 14.2. The van der Waals surface area contributed by atoms with Gasteiger partial charge in [0.1, 0.15) is 13.2 Å². The molecule has 0 amide bonds. The van der Waals surface area contributed by atoms with E-state index in [9.17, 15) is 10.0 Å². The van der Waals surface area contributed by atoms with Crippen molar-refractivity contribution in [3.8, 4) is 11.8 Å². The molecule has 7 heteroatoms. The summed E-state index contributed by atoms with van der Waals surface area (Å²) in [4.78, 5) is 4.26. The predicted molar refractivity (Wildman–Crippen MR) is 123 cm³/mol. The average Bonchev–Trinajstić information content (AvgIpc) is 2.80. The molecule has 0 saturated carbocycles. The smallest absolute Gasteiger partial charge is 0.473 e. The molecule has 1 aromatic heterocycles. The molecule has 5 N–H and O–H groups in total. The Hall–Kier alpha value is -2.87. The first-order valence-corrected chi connectivity index (χ1v) is 9.93. The minimum Gasteiger partial charge on any atom is -0.473 e. The predicted octanol–water partition coefficient (Wildman–Crippen LogP) is 4.13. The SMILES string of the molecule is CC.CC.N.OB(O)c1ccc(OCc2ccccc2)nc1OCc1ccccc1. The zero-order valence-electron chi connectivity index (χ0n) is 18.3. The maximum absolute atomic E-state index is 9.50. The summed E-state index contributed by atoms with van der Waals surface area (Å²) in [6.45, 7) is 8.64. The van der Waals surface area contributed by atoms with Crippen LogP contribution in [0.2, 0.25) is 0 Å². The number of nitrogens with zero attached hydrogens (tertiary/aromatic N) is 1. The fraction of sp³-hybridized carbons (Fsp3) is 0.261. The zero-order chi connectivity index (χ0) is 21.5. The van der Waals surface area contributed by atoms with Crippen molar-refractivity contribution in [2.45, 2.75) is 40.9 Å². The Morgan fingerprint density at radius 2 is 1.17 bits per heavy atom. The van der Waals surface area contributed by atoms with Gasteiger partial charge < -0.3 is 25.7 Å². The van der Waals surface area contributed by atoms with Crippen molar-refractivity contribution in [2.75, 3.05) is 0 Å². The number of pyridine rings is 1. The highest BCUT2D eigenvalue weighted by atomic mass is 16.5. The number of aromatic nitrogens is 1. The highest BCUT2D eigenvalue weighted by molar-refractivity contribution is 6.59. The third-order valence-corrected chi connectivity index (χ3v) is 3.59. The molecular weight excluding hydrogens is 379 g/mol. The van der Waals surface area contributed by atoms with Gasteiger partial charge in [0.15, 0.2) is 0 Å². The number of hydrogen-bond donors (Lipinski definition) is 3. The van der Waals surface area contributed by atoms with E-state index in [0.717, 1.165) is 11.1 Å². The van der Waals surface area contributed by atoms with Crippen molar-refractivity contribution in [1.29, 1.82) is 0 Å². The Morgan fingerprint density at radius 1 is 0.700 bits per heavy atom. The van der Waals surface area contributed by atoms with Gasteiger partial charge >= 0.3 is 7.12 Å². The molecule has 0 fully saturated rings. The van der Waals surface area contributed by atoms with E-state index in [4.69, 9.17) is 9.47 Å². The molecule has 0 radical (unpaired) electrons. The largest absolute Gasteiger partial charge is 0.494 e. The standard InChI is InChI=1S/C19H18BNO4.2C2H6.H3N/c22-20(23)17-11-12-18(24-13-15-7-3-1-4-8-15)21-19(17)25-14-16-9-5-2-6-10-16;2*1-2;/h1-12,22-23H,13-14H2;2*1-2H3;1H3. The fourth-order valence-electron chi connectivity index (χ4n) is 2.28. The van der Waals surface area contributed by atoms with Gasteiger partial charge in [-0.05, 0) is 11.1 Å². The van der Waals surface area contributed by atoms with Crippen LogP contribution in [0.3, 0.4) is 0 Å². The fourth-order valence-corrected chi connectivity index (χ4v) is 2.28. The molecule has 0 bridgehead atoms. The summed E-state index contributed by atoms with van der Waals surface area (Å²) >= 11 is 0. The maximum atomic E-state index is 9.50. The first-order valence-electron chi connectivity index (χ1n) is 9.93. The molecule has 0 unspecified atom stereocenters. The van der Waals surface area contributed by atoms with E-state index in [1.54, 1.807) is 12.1 Å². The van der Waals surface area contributed by atoms with Gasteiger partial charge in [-0.2, -0.15) is 4.98 Å². The Kier molecular flexibility index (Phi) is 14.5. The molecule has 162 valence electrons. The van der Waals surface area contributed by atoms with Crippen LogP contribution in [-0.2, 0) is 13.2 Å². The molecule has 6 nitrogen and oxygen atoms in total. The quantitative estimate of drug-likeness (QED) is 0.504. The van der Waals surface area contributed by atoms with Crippen molar-refractivity contribution >= 4 is 12.6 Å². The van der Waals surface area contributed by atoms with E-state index < -0.39 is 7.12 Å². The summed E-state index contributed by atoms with van der Waals surface area (Å²) < 4.78 is 11.3. The molecule has 30 heavy (non-hydrogen) atoms. The van der Waals surface area contributed by atoms with Crippen molar-refractivity contribution in [1.82, 2.24) is 11.1 Å². The van der Waals surface area contributed by atoms with Gasteiger partial charge in [-0.1, -0.05) is 94.4 Å². The number of ether oxygens (including phenoxy) is 2. The van der Waals surface area contributed by atoms with Crippen molar-refractivity contribution < 1.29 is 19.5 Å². The van der Waals surface area contributed by atoms with Crippen LogP contribution in [0.15, 0.2) is 72.8 Å². The van der Waals surface area contributed by atoms with Crippen LogP contribution in [0.5, 0.6) is 11.8 Å². The average molecular weight is 412 g/mol. The van der Waals surface area contributed by atoms with Crippen LogP contribution in [0, 0.1) is 0 Å². The Labute approximate surface area is 180 Å². The number of benzene rings is 2. The van der Waals surface area contributed by atoms with Crippen LogP contribution < -0.4 is 21.1 Å². The second kappa shape index (κ2) is 16.0. The van der Waals surface area contributed by atoms with Gasteiger partial charge in [0.05, 0.1) is 0 Å². The molecule has 0 aliphatic heterocycles. The molecule has 2 aromatic carbocycles. The highest BCUT2D eigenvalue weighted by Gasteiger charge is 2.19. The maximum Gasteiger partial charge on any atom is 0.494 e. The summed E-state index contributed by atoms with van der Waals surface area (Å²) in [5, 5.41) is 19.0. The summed E-state index contributed by atoms with van der Waals surface area (Å²) in [5.41, 5.74) is 2.17. The number of rotatable bonds is 7. The summed E-state index contributed by atoms with van der Waals surface area (Å²) in [7, 11) is -1.67. The highest BCUT2D eigenvalue weighted by Crippen LogP contribution is 2.15. The summed E-state index contributed by atoms with van der Waals surface area (Å²) in [5.74, 6) is 0.501. The number of hydrogen-bond acceptors (Lipinski definition) is 6. The van der Waals surface area contributed by atoms with E-state index in [2.05, 4.69) is 4.98 Å². The van der Waals surface area contributed by atoms with E-state index in [-0.39, 0.29) is 24.1 Å². The lowest BCUT2D eigenvalue weighted by atomic mass is 9.81. The monoisotopic (exact) mass is 412 g/mol. The molecule has 1 heterocycles. The van der Waals surface area contributed by atoms with Gasteiger partial charge in [0.2, 0.25) is 11.8 Å². The normalized spacial score (nSPS) is 9.00. The van der Waals surface area contributed by atoms with Crippen molar-refractivity contribution in [2.24, 2.45) is 0 Å². The summed E-state index contributed by atoms with van der Waals surface area (Å²) in [6.07, 6.45) is 0. The lowest BCUT2D eigenvalue weighted by Crippen LogP contribution is -2.32. The van der Waals surface area contributed by atoms with Gasteiger partial charge in [0, 0.05) is 11.5 Å². The van der Waals surface area contributed by atoms with Crippen molar-refractivity contribution in [3.05, 3.63) is 83.9 Å². The van der Waals surface area contributed by atoms with Crippen LogP contribution in [0.25, 0.3) is 0 Å². The van der Waals surface area contributed by atoms with E-state index in [0.29, 0.717) is 12.5 Å². The minimum absolute atomic E-state index is 0. The molecule has 3 rings (SSSR count). The second-order valence-corrected chi connectivity index (χ2v) is 5.47. The van der Waals surface area contributed by atoms with Crippen molar-refractivity contribution in [3.63, 3.8) is 0 Å². The Morgan fingerprint density at radius 3 is 1.63 bits per heavy atom. The Balaban J connectivity index is 0.00000159. The van der Waals surface area contributed by atoms with Gasteiger partial charge in [-0.3, -0.25) is 0 Å². The van der Waals surface area contributed by atoms with Crippen LogP contribution in [0.1, 0.15) is 38.8 Å². The van der Waals surface area contributed by atoms with Gasteiger partial charge in [0.25, 0.3) is 0 Å². The molecule has 0 spiro atoms. The third kappa shape index (κ3) is 9.09. The van der Waals surface area contributed by atoms with Gasteiger partial charge in [-0.25, -0.2) is 0 Å². The molecular formula is C23H33BN2O4. The second-order valence-electron chi connectivity index (χ2n) is 5.47. The topological polar surface area (TPSA) is 107 Å². The minimum atomic E-state index is -1.67. The van der Waals surface area contributed by atoms with Crippen LogP contribution in [0.4, 0.5) is 0 Å². The molecule has 0 aliphatic carbocycles. The molecule has 0 saturated heterocycles. The lowest BCUT2D eigenvalue weighted by Gasteiger charge is -2.12. The van der Waals surface area contributed by atoms with Crippen LogP contribution >= 0.6 is 0 Å². The van der Waals surface area contributed by atoms with Gasteiger partial charge in [-0.15, -0.1) is 0 Å². The third-order valence-electron chi connectivity index (χ3n) is 3.59. The molecule has 0 aliphatic rings. The van der Waals surface area contributed by atoms with Crippen LogP contribution in [-0.4, -0.2) is 22.2 Å². The first kappa shape index (κ1) is 27.1. The molecule has 0 atom stereocenters. The molecule has 3 aromatic rings. The van der Waals surface area contributed by atoms with E-state index >= 15 is 0 Å².